The van der Waals surface area contributed by atoms with Gasteiger partial charge < -0.3 is 14.2 Å². The third kappa shape index (κ3) is 4.55. The highest BCUT2D eigenvalue weighted by atomic mass is 19.1. The zero-order valence-electron chi connectivity index (χ0n) is 13.3. The van der Waals surface area contributed by atoms with E-state index in [0.717, 1.165) is 20.3 Å². The maximum absolute atomic E-state index is 14.5. The van der Waals surface area contributed by atoms with Gasteiger partial charge in [0.05, 0.1) is 33.2 Å². The van der Waals surface area contributed by atoms with Crippen molar-refractivity contribution in [1.82, 2.24) is 0 Å². The van der Waals surface area contributed by atoms with Gasteiger partial charge in [0.1, 0.15) is 11.6 Å². The molecule has 2 atom stereocenters. The molecule has 1 aliphatic carbocycles. The van der Waals surface area contributed by atoms with Crippen molar-refractivity contribution >= 4 is 11.9 Å². The van der Waals surface area contributed by atoms with Crippen molar-refractivity contribution in [1.29, 1.82) is 0 Å². The summed E-state index contributed by atoms with van der Waals surface area (Å²) in [6, 6.07) is 0. The van der Waals surface area contributed by atoms with Crippen LogP contribution in [0.2, 0.25) is 0 Å². The minimum Gasteiger partial charge on any atom is -0.496 e. The number of rotatable bonds is 7. The van der Waals surface area contributed by atoms with Gasteiger partial charge in [0.15, 0.2) is 5.92 Å². The average Bonchev–Trinajstić information content (AvgIpc) is 2.74. The SMILES string of the molecule is COC(=O)C(C(=O)OC)C(C[N+](=O)[O-])C1C#CC=C(OC)C=C1F. The van der Waals surface area contributed by atoms with Crippen LogP contribution in [-0.2, 0) is 23.8 Å². The van der Waals surface area contributed by atoms with Crippen LogP contribution in [0.4, 0.5) is 4.39 Å². The molecular weight excluding hydrogens is 325 g/mol. The monoisotopic (exact) mass is 341 g/mol. The van der Waals surface area contributed by atoms with E-state index in [-0.39, 0.29) is 5.76 Å². The number of carbonyl (C=O) groups is 2. The molecule has 0 fully saturated rings. The second kappa shape index (κ2) is 8.67. The van der Waals surface area contributed by atoms with Crippen LogP contribution in [0.3, 0.4) is 0 Å². The molecule has 0 N–H and O–H groups in total. The van der Waals surface area contributed by atoms with Crippen molar-refractivity contribution < 1.29 is 33.1 Å². The Kier molecular flexibility index (Phi) is 6.92. The molecule has 24 heavy (non-hydrogen) atoms. The molecule has 0 aromatic heterocycles. The number of hydrogen-bond acceptors (Lipinski definition) is 7. The summed E-state index contributed by atoms with van der Waals surface area (Å²) in [5.74, 6) is -2.39. The lowest BCUT2D eigenvalue weighted by molar-refractivity contribution is -0.490. The lowest BCUT2D eigenvalue weighted by atomic mass is 9.80. The molecule has 1 aliphatic rings. The van der Waals surface area contributed by atoms with E-state index in [2.05, 4.69) is 21.3 Å². The summed E-state index contributed by atoms with van der Waals surface area (Å²) in [7, 11) is 3.33. The van der Waals surface area contributed by atoms with Gasteiger partial charge in [-0.25, -0.2) is 4.39 Å². The Morgan fingerprint density at radius 3 is 2.38 bits per heavy atom. The average molecular weight is 341 g/mol. The van der Waals surface area contributed by atoms with E-state index in [1.165, 1.54) is 13.2 Å². The van der Waals surface area contributed by atoms with Crippen LogP contribution in [0, 0.1) is 39.7 Å². The number of hydrogen-bond donors (Lipinski definition) is 0. The zero-order valence-corrected chi connectivity index (χ0v) is 13.3. The Hall–Kier alpha value is -2.89. The molecule has 0 aliphatic heterocycles. The van der Waals surface area contributed by atoms with E-state index in [9.17, 15) is 24.1 Å². The standard InChI is InChI=1S/C15H16FNO7/c1-22-9-5-4-6-10(12(16)7-9)11(8-17(20)21)13(14(18)23-2)15(19)24-3/h5,7,10-11,13H,8H2,1-3H3. The number of esters is 2. The second-order valence-corrected chi connectivity index (χ2v) is 4.75. The Balaban J connectivity index is 3.34. The molecule has 0 aromatic carbocycles. The van der Waals surface area contributed by atoms with E-state index < -0.39 is 47.0 Å². The van der Waals surface area contributed by atoms with Gasteiger partial charge in [0, 0.05) is 17.1 Å². The van der Waals surface area contributed by atoms with Crippen molar-refractivity contribution in [3.63, 3.8) is 0 Å². The quantitative estimate of drug-likeness (QED) is 0.222. The normalized spacial score (nSPS) is 17.5. The Morgan fingerprint density at radius 1 is 1.33 bits per heavy atom. The molecule has 9 heteroatoms. The Labute approximate surface area is 137 Å². The summed E-state index contributed by atoms with van der Waals surface area (Å²) in [4.78, 5) is 34.0. The lowest BCUT2D eigenvalue weighted by Gasteiger charge is -2.24. The van der Waals surface area contributed by atoms with E-state index in [0.29, 0.717) is 0 Å². The third-order valence-corrected chi connectivity index (χ3v) is 3.39. The molecule has 130 valence electrons. The highest BCUT2D eigenvalue weighted by molar-refractivity contribution is 5.95. The summed E-state index contributed by atoms with van der Waals surface area (Å²) in [5, 5.41) is 11.0. The molecule has 1 rings (SSSR count). The molecule has 0 radical (unpaired) electrons. The fourth-order valence-electron chi connectivity index (χ4n) is 2.24. The first-order valence-corrected chi connectivity index (χ1v) is 6.75. The molecule has 2 unspecified atom stereocenters. The van der Waals surface area contributed by atoms with Crippen LogP contribution in [0.1, 0.15) is 0 Å². The first-order valence-electron chi connectivity index (χ1n) is 6.75. The van der Waals surface area contributed by atoms with Gasteiger partial charge in [-0.05, 0) is 0 Å². The smallest absolute Gasteiger partial charge is 0.320 e. The second-order valence-electron chi connectivity index (χ2n) is 4.75. The molecule has 0 heterocycles. The highest BCUT2D eigenvalue weighted by Gasteiger charge is 2.45. The topological polar surface area (TPSA) is 105 Å². The Bertz CT molecular complexity index is 628. The molecule has 0 spiro atoms. The van der Waals surface area contributed by atoms with Crippen molar-refractivity contribution in [2.45, 2.75) is 0 Å². The number of ether oxygens (including phenoxy) is 3. The number of halogens is 1. The lowest BCUT2D eigenvalue weighted by Crippen LogP contribution is -2.40. The largest absolute Gasteiger partial charge is 0.496 e. The molecule has 0 aromatic rings. The van der Waals surface area contributed by atoms with Gasteiger partial charge >= 0.3 is 11.9 Å². The molecule has 0 saturated heterocycles. The number of methoxy groups -OCH3 is 3. The molecular formula is C15H16FNO7. The van der Waals surface area contributed by atoms with Crippen molar-refractivity contribution in [3.05, 3.63) is 33.9 Å². The molecule has 0 amide bonds. The van der Waals surface area contributed by atoms with Crippen LogP contribution in [0.15, 0.2) is 23.7 Å². The predicted octanol–water partition coefficient (Wildman–Crippen LogP) is 0.858. The van der Waals surface area contributed by atoms with Gasteiger partial charge in [-0.15, -0.1) is 0 Å². The van der Waals surface area contributed by atoms with Crippen LogP contribution in [-0.4, -0.2) is 44.7 Å². The minimum absolute atomic E-state index is 0.107. The fraction of sp³-hybridized carbons (Fsp3) is 0.467. The number of allylic oxidation sites excluding steroid dienone is 3. The fourth-order valence-corrected chi connectivity index (χ4v) is 2.24. The van der Waals surface area contributed by atoms with Crippen molar-refractivity contribution in [2.75, 3.05) is 27.9 Å². The van der Waals surface area contributed by atoms with E-state index >= 15 is 0 Å². The summed E-state index contributed by atoms with van der Waals surface area (Å²) in [5.41, 5.74) is 0. The van der Waals surface area contributed by atoms with Gasteiger partial charge in [-0.2, -0.15) is 0 Å². The third-order valence-electron chi connectivity index (χ3n) is 3.39. The van der Waals surface area contributed by atoms with E-state index in [4.69, 9.17) is 4.74 Å². The molecule has 8 nitrogen and oxygen atoms in total. The summed E-state index contributed by atoms with van der Waals surface area (Å²) in [6.07, 6.45) is 2.25. The van der Waals surface area contributed by atoms with Crippen molar-refractivity contribution in [3.8, 4) is 11.8 Å². The highest BCUT2D eigenvalue weighted by Crippen LogP contribution is 2.31. The number of nitro groups is 1. The summed E-state index contributed by atoms with van der Waals surface area (Å²) in [6.45, 7) is -0.877. The summed E-state index contributed by atoms with van der Waals surface area (Å²) < 4.78 is 28.3. The van der Waals surface area contributed by atoms with Gasteiger partial charge in [-0.3, -0.25) is 19.7 Å². The minimum atomic E-state index is -1.69. The first kappa shape index (κ1) is 19.2. The van der Waals surface area contributed by atoms with Gasteiger partial charge in [-0.1, -0.05) is 11.8 Å². The van der Waals surface area contributed by atoms with Crippen LogP contribution in [0.5, 0.6) is 0 Å². The van der Waals surface area contributed by atoms with E-state index in [1.807, 2.05) is 0 Å². The van der Waals surface area contributed by atoms with E-state index in [1.54, 1.807) is 0 Å². The number of carbonyl (C=O) groups excluding carboxylic acids is 2. The maximum atomic E-state index is 14.5. The first-order chi connectivity index (χ1) is 11.3. The van der Waals surface area contributed by atoms with Gasteiger partial charge in [0.25, 0.3) is 0 Å². The van der Waals surface area contributed by atoms with Crippen LogP contribution in [0.25, 0.3) is 0 Å². The Morgan fingerprint density at radius 2 is 1.92 bits per heavy atom. The van der Waals surface area contributed by atoms with Crippen LogP contribution >= 0.6 is 0 Å². The van der Waals surface area contributed by atoms with Gasteiger partial charge in [0.2, 0.25) is 6.54 Å². The molecule has 0 bridgehead atoms. The predicted molar refractivity (Wildman–Crippen MR) is 78.4 cm³/mol. The maximum Gasteiger partial charge on any atom is 0.320 e. The van der Waals surface area contributed by atoms with Crippen LogP contribution < -0.4 is 0 Å². The number of nitrogens with zero attached hydrogens (tertiary/aromatic N) is 1. The summed E-state index contributed by atoms with van der Waals surface area (Å²) >= 11 is 0. The zero-order chi connectivity index (χ0) is 18.3. The molecule has 0 saturated carbocycles. The van der Waals surface area contributed by atoms with Crippen molar-refractivity contribution in [2.24, 2.45) is 17.8 Å².